The number of aliphatic hydroxyl groups is 1. The number of fused-ring (bicyclic) bond motifs is 1. The van der Waals surface area contributed by atoms with E-state index in [-0.39, 0.29) is 0 Å². The smallest absolute Gasteiger partial charge is 0.396 e. The fraction of sp³-hybridized carbons (Fsp3) is 0.524. The first-order valence-electron chi connectivity index (χ1n) is 9.68. The Morgan fingerprint density at radius 2 is 1.88 bits per heavy atom. The van der Waals surface area contributed by atoms with E-state index in [1.165, 1.54) is 32.1 Å². The average Bonchev–Trinajstić information content (AvgIpc) is 2.97. The molecule has 0 aliphatic carbocycles. The minimum Gasteiger partial charge on any atom is -0.497 e. The van der Waals surface area contributed by atoms with Crippen LogP contribution in [0.2, 0.25) is 0 Å². The lowest BCUT2D eigenvalue weighted by Gasteiger charge is -2.28. The van der Waals surface area contributed by atoms with Gasteiger partial charge in [0, 0.05) is 11.6 Å². The first-order chi connectivity index (χ1) is 12.7. The molecule has 140 valence electrons. The highest BCUT2D eigenvalue weighted by atomic mass is 16.5. The molecule has 0 spiro atoms. The van der Waals surface area contributed by atoms with Crippen molar-refractivity contribution in [2.24, 2.45) is 0 Å². The van der Waals surface area contributed by atoms with Crippen molar-refractivity contribution in [1.82, 2.24) is 4.98 Å². The van der Waals surface area contributed by atoms with Crippen LogP contribution in [0.3, 0.4) is 0 Å². The lowest BCUT2D eigenvalue weighted by molar-refractivity contribution is -0.685. The Morgan fingerprint density at radius 1 is 1.15 bits per heavy atom. The number of anilines is 1. The van der Waals surface area contributed by atoms with E-state index in [4.69, 9.17) is 4.74 Å². The maximum atomic E-state index is 11.6. The fourth-order valence-corrected chi connectivity index (χ4v) is 3.67. The first-order valence-corrected chi connectivity index (χ1v) is 9.68. The molecule has 2 heterocycles. The largest absolute Gasteiger partial charge is 0.497 e. The van der Waals surface area contributed by atoms with Crippen LogP contribution in [0.5, 0.6) is 5.75 Å². The second kappa shape index (κ2) is 8.49. The summed E-state index contributed by atoms with van der Waals surface area (Å²) in [5.74, 6) is 1.63. The highest BCUT2D eigenvalue weighted by Crippen LogP contribution is 2.34. The van der Waals surface area contributed by atoms with Gasteiger partial charge in [-0.05, 0) is 30.7 Å². The summed E-state index contributed by atoms with van der Waals surface area (Å²) in [6.45, 7) is 3.52. The van der Waals surface area contributed by atoms with Crippen LogP contribution in [0.4, 0.5) is 5.95 Å². The van der Waals surface area contributed by atoms with Crippen molar-refractivity contribution >= 4 is 5.95 Å². The van der Waals surface area contributed by atoms with Gasteiger partial charge in [-0.2, -0.15) is 0 Å². The molecule has 1 aromatic carbocycles. The van der Waals surface area contributed by atoms with Crippen LogP contribution in [-0.4, -0.2) is 23.7 Å². The zero-order valence-corrected chi connectivity index (χ0v) is 15.9. The molecule has 0 unspecified atom stereocenters. The minimum atomic E-state index is -1.07. The van der Waals surface area contributed by atoms with Gasteiger partial charge in [0.1, 0.15) is 18.5 Å². The molecule has 0 amide bonds. The van der Waals surface area contributed by atoms with Crippen molar-refractivity contribution in [2.45, 2.75) is 57.7 Å². The Bertz CT molecular complexity index is 705. The van der Waals surface area contributed by atoms with Crippen molar-refractivity contribution in [3.63, 3.8) is 0 Å². The molecule has 2 aromatic rings. The van der Waals surface area contributed by atoms with Crippen LogP contribution in [-0.2, 0) is 12.3 Å². The van der Waals surface area contributed by atoms with Crippen molar-refractivity contribution in [3.8, 4) is 5.75 Å². The van der Waals surface area contributed by atoms with Crippen molar-refractivity contribution in [3.05, 3.63) is 48.3 Å². The molecule has 5 nitrogen and oxygen atoms in total. The summed E-state index contributed by atoms with van der Waals surface area (Å²) in [4.78, 5) is 6.58. The highest BCUT2D eigenvalue weighted by Gasteiger charge is 2.51. The number of benzene rings is 1. The predicted octanol–water partition coefficient (Wildman–Crippen LogP) is 3.40. The molecular formula is C21H30N3O2+. The Hall–Kier alpha value is -2.14. The molecule has 1 aromatic heterocycles. The van der Waals surface area contributed by atoms with Crippen LogP contribution >= 0.6 is 0 Å². The molecular weight excluding hydrogens is 326 g/mol. The summed E-state index contributed by atoms with van der Waals surface area (Å²) in [7, 11) is 1.65. The molecule has 5 heteroatoms. The first kappa shape index (κ1) is 18.6. The minimum absolute atomic E-state index is 0.484. The summed E-state index contributed by atoms with van der Waals surface area (Å²) < 4.78 is 7.28. The zero-order valence-electron chi connectivity index (χ0n) is 15.9. The van der Waals surface area contributed by atoms with Crippen LogP contribution in [0, 0.1) is 0 Å². The van der Waals surface area contributed by atoms with Gasteiger partial charge in [-0.25, -0.2) is 9.47 Å². The second-order valence-corrected chi connectivity index (χ2v) is 7.01. The van der Waals surface area contributed by atoms with E-state index in [2.05, 4.69) is 16.8 Å². The summed E-state index contributed by atoms with van der Waals surface area (Å²) in [5, 5.41) is 11.6. The number of hydrogen-bond acceptors (Lipinski definition) is 4. The molecule has 26 heavy (non-hydrogen) atoms. The molecule has 1 N–H and O–H groups in total. The molecule has 1 aliphatic rings. The van der Waals surface area contributed by atoms with Crippen LogP contribution in [0.1, 0.15) is 51.0 Å². The maximum absolute atomic E-state index is 11.6. The molecule has 0 saturated carbocycles. The van der Waals surface area contributed by atoms with E-state index in [0.29, 0.717) is 6.54 Å². The summed E-state index contributed by atoms with van der Waals surface area (Å²) >= 11 is 0. The van der Waals surface area contributed by atoms with Crippen molar-refractivity contribution in [2.75, 3.05) is 18.6 Å². The normalized spacial score (nSPS) is 18.8. The number of unbranched alkanes of at least 4 members (excludes halogenated alkanes) is 5. The fourth-order valence-electron chi connectivity index (χ4n) is 3.67. The highest BCUT2D eigenvalue weighted by molar-refractivity contribution is 5.40. The third kappa shape index (κ3) is 3.83. The lowest BCUT2D eigenvalue weighted by Crippen LogP contribution is -2.46. The van der Waals surface area contributed by atoms with Gasteiger partial charge in [0.2, 0.25) is 5.72 Å². The summed E-state index contributed by atoms with van der Waals surface area (Å²) in [6.07, 6.45) is 11.1. The number of methoxy groups -OCH3 is 1. The molecule has 0 fully saturated rings. The van der Waals surface area contributed by atoms with E-state index in [9.17, 15) is 5.11 Å². The summed E-state index contributed by atoms with van der Waals surface area (Å²) in [5.41, 5.74) is -0.202. The Balaban J connectivity index is 1.76. The maximum Gasteiger partial charge on any atom is 0.396 e. The monoisotopic (exact) mass is 356 g/mol. The van der Waals surface area contributed by atoms with Crippen molar-refractivity contribution in [1.29, 1.82) is 0 Å². The third-order valence-electron chi connectivity index (χ3n) is 5.17. The molecule has 0 radical (unpaired) electrons. The van der Waals surface area contributed by atoms with Gasteiger partial charge >= 0.3 is 5.95 Å². The van der Waals surface area contributed by atoms with E-state index < -0.39 is 5.72 Å². The van der Waals surface area contributed by atoms with E-state index in [1.807, 2.05) is 41.1 Å². The lowest BCUT2D eigenvalue weighted by atomic mass is 10.0. The van der Waals surface area contributed by atoms with E-state index in [1.54, 1.807) is 13.3 Å². The second-order valence-electron chi connectivity index (χ2n) is 7.01. The molecule has 1 atom stereocenters. The van der Waals surface area contributed by atoms with Gasteiger partial charge in [0.05, 0.1) is 19.9 Å². The number of rotatable bonds is 9. The SMILES string of the molecule is CCCCCCCCN1c2nccc[n+]2C[C@@]1(O)c1ccc(OC)cc1. The van der Waals surface area contributed by atoms with Gasteiger partial charge in [0.25, 0.3) is 0 Å². The Kier molecular flexibility index (Phi) is 6.09. The van der Waals surface area contributed by atoms with Crippen molar-refractivity contribution < 1.29 is 14.4 Å². The van der Waals surface area contributed by atoms with Crippen LogP contribution in [0.25, 0.3) is 0 Å². The number of hydrogen-bond donors (Lipinski definition) is 1. The molecule has 1 aliphatic heterocycles. The van der Waals surface area contributed by atoms with E-state index >= 15 is 0 Å². The summed E-state index contributed by atoms with van der Waals surface area (Å²) in [6, 6.07) is 9.60. The number of aromatic nitrogens is 2. The van der Waals surface area contributed by atoms with Crippen LogP contribution in [0.15, 0.2) is 42.7 Å². The van der Waals surface area contributed by atoms with Gasteiger partial charge < -0.3 is 9.84 Å². The molecule has 3 rings (SSSR count). The average molecular weight is 356 g/mol. The van der Waals surface area contributed by atoms with E-state index in [0.717, 1.165) is 30.2 Å². The Labute approximate surface area is 156 Å². The van der Waals surface area contributed by atoms with Gasteiger partial charge in [0.15, 0.2) is 0 Å². The standard InChI is InChI=1S/C21H30N3O2/c1-3-4-5-6-7-8-16-24-20-22-14-9-15-23(20)17-21(24,25)18-10-12-19(26-2)13-11-18/h9-15,25H,3-8,16-17H2,1-2H3/q+1/t21-/m1/s1. The van der Waals surface area contributed by atoms with Gasteiger partial charge in [-0.3, -0.25) is 0 Å². The van der Waals surface area contributed by atoms with Gasteiger partial charge in [-0.15, -0.1) is 0 Å². The third-order valence-corrected chi connectivity index (χ3v) is 5.17. The topological polar surface area (TPSA) is 49.5 Å². The molecule has 0 saturated heterocycles. The van der Waals surface area contributed by atoms with Crippen LogP contribution < -0.4 is 14.2 Å². The number of ether oxygens (including phenoxy) is 1. The quantitative estimate of drug-likeness (QED) is 0.553. The van der Waals surface area contributed by atoms with Gasteiger partial charge in [-0.1, -0.05) is 44.0 Å². The number of nitrogens with zero attached hydrogens (tertiary/aromatic N) is 3. The molecule has 0 bridgehead atoms. The zero-order chi connectivity index (χ0) is 18.4. The predicted molar refractivity (Wildman–Crippen MR) is 102 cm³/mol. The Morgan fingerprint density at radius 3 is 2.62 bits per heavy atom.